The molecular weight excluding hydrogens is 927 g/mol. The van der Waals surface area contributed by atoms with Gasteiger partial charge >= 0.3 is 0 Å². The molecule has 0 N–H and O–H groups in total. The van der Waals surface area contributed by atoms with E-state index >= 15 is 0 Å². The molecular formula is C48H50ClFN4O13S. The summed E-state index contributed by atoms with van der Waals surface area (Å²) in [4.78, 5) is 99.5. The van der Waals surface area contributed by atoms with Crippen LogP contribution in [0.5, 0.6) is 5.75 Å². The highest BCUT2D eigenvalue weighted by Crippen LogP contribution is 2.42. The number of Topliss-reactive ketones (excluding diaryl/α,β-unsaturated/α-hetero) is 3. The number of rotatable bonds is 12. The van der Waals surface area contributed by atoms with Gasteiger partial charge in [0.05, 0.1) is 51.6 Å². The van der Waals surface area contributed by atoms with Crippen molar-refractivity contribution in [1.82, 2.24) is 0 Å². The van der Waals surface area contributed by atoms with Gasteiger partial charge in [-0.3, -0.25) is 48.6 Å². The van der Waals surface area contributed by atoms with E-state index in [1.807, 2.05) is 26.0 Å². The third kappa shape index (κ3) is 11.2. The fraction of sp³-hybridized carbons (Fsp3) is 0.396. The van der Waals surface area contributed by atoms with Crippen molar-refractivity contribution < 1.29 is 60.8 Å². The van der Waals surface area contributed by atoms with Crippen LogP contribution in [0.1, 0.15) is 80.3 Å². The average molecular weight is 977 g/mol. The van der Waals surface area contributed by atoms with Gasteiger partial charge in [-0.2, -0.15) is 0 Å². The number of hydrogen-bond acceptors (Lipinski definition) is 13. The van der Waals surface area contributed by atoms with Crippen molar-refractivity contribution in [3.63, 3.8) is 0 Å². The molecule has 3 aromatic rings. The lowest BCUT2D eigenvalue weighted by atomic mass is 9.81. The molecule has 1 fully saturated rings. The summed E-state index contributed by atoms with van der Waals surface area (Å²) in [5.41, 5.74) is 3.04. The molecule has 1 unspecified atom stereocenters. The molecule has 0 bridgehead atoms. The molecule has 2 aliphatic heterocycles. The zero-order valence-electron chi connectivity index (χ0n) is 38.1. The summed E-state index contributed by atoms with van der Waals surface area (Å²) in [6.45, 7) is 6.30. The Morgan fingerprint density at radius 2 is 1.63 bits per heavy atom. The number of nitro benzene ring substituents is 1. The number of para-hydroxylation sites is 1. The van der Waals surface area contributed by atoms with Gasteiger partial charge in [-0.1, -0.05) is 31.0 Å². The lowest BCUT2D eigenvalue weighted by molar-refractivity contribution is -0.385. The number of carbonyl (C=O) groups is 7. The minimum absolute atomic E-state index is 0.0170. The van der Waals surface area contributed by atoms with Gasteiger partial charge in [0.25, 0.3) is 23.4 Å². The van der Waals surface area contributed by atoms with E-state index in [9.17, 15) is 56.5 Å². The maximum Gasteiger partial charge on any atom is 0.281 e. The lowest BCUT2D eigenvalue weighted by Crippen LogP contribution is -2.43. The number of benzene rings is 3. The lowest BCUT2D eigenvalue weighted by Gasteiger charge is -2.31. The van der Waals surface area contributed by atoms with Crippen LogP contribution in [-0.2, 0) is 49.8 Å². The second-order valence-corrected chi connectivity index (χ2v) is 18.6. The second-order valence-electron chi connectivity index (χ2n) is 16.3. The molecule has 3 aromatic carbocycles. The number of nitrogens with zero attached hydrogens (tertiary/aromatic N) is 4. The van der Waals surface area contributed by atoms with Crippen LogP contribution in [0.2, 0.25) is 0 Å². The Labute approximate surface area is 397 Å². The first-order valence-corrected chi connectivity index (χ1v) is 24.0. The molecule has 0 spiro atoms. The zero-order chi connectivity index (χ0) is 50.2. The Hall–Kier alpha value is -6.62. The maximum atomic E-state index is 14.7. The van der Waals surface area contributed by atoms with Gasteiger partial charge in [0, 0.05) is 49.5 Å². The number of halogens is 2. The molecule has 4 aliphatic rings. The number of methoxy groups -OCH3 is 1. The van der Waals surface area contributed by atoms with E-state index in [-0.39, 0.29) is 71.7 Å². The largest absolute Gasteiger partial charge is 0.481 e. The Balaban J connectivity index is 0.000000193. The van der Waals surface area contributed by atoms with Crippen LogP contribution in [0, 0.1) is 41.1 Å². The number of anilines is 3. The van der Waals surface area contributed by atoms with Crippen molar-refractivity contribution in [3.05, 3.63) is 92.3 Å². The van der Waals surface area contributed by atoms with Crippen molar-refractivity contribution in [2.75, 3.05) is 53.7 Å². The molecule has 0 saturated heterocycles. The number of alkyl halides is 1. The van der Waals surface area contributed by atoms with Crippen LogP contribution in [0.15, 0.2) is 64.6 Å². The van der Waals surface area contributed by atoms with E-state index < -0.39 is 66.9 Å². The van der Waals surface area contributed by atoms with Gasteiger partial charge < -0.3 is 14.4 Å². The first-order chi connectivity index (χ1) is 32.2. The Kier molecular flexibility index (Phi) is 17.3. The minimum Gasteiger partial charge on any atom is -0.481 e. The van der Waals surface area contributed by atoms with Gasteiger partial charge in [0.2, 0.25) is 5.91 Å². The van der Waals surface area contributed by atoms with Gasteiger partial charge in [0.1, 0.15) is 17.5 Å². The van der Waals surface area contributed by atoms with Crippen molar-refractivity contribution >= 4 is 85.2 Å². The maximum absolute atomic E-state index is 14.7. The topological polar surface area (TPSA) is 225 Å². The highest BCUT2D eigenvalue weighted by Gasteiger charge is 2.42. The number of hydrogen-bond donors (Lipinski definition) is 0. The summed E-state index contributed by atoms with van der Waals surface area (Å²) in [5.74, 6) is -3.32. The number of amides is 4. The zero-order valence-corrected chi connectivity index (χ0v) is 39.7. The fourth-order valence-corrected chi connectivity index (χ4v) is 9.15. The summed E-state index contributed by atoms with van der Waals surface area (Å²) < 4.78 is 48.1. The number of nitro groups is 1. The smallest absolute Gasteiger partial charge is 0.281 e. The van der Waals surface area contributed by atoms with Crippen molar-refractivity contribution in [2.24, 2.45) is 5.92 Å². The van der Waals surface area contributed by atoms with E-state index in [1.165, 1.54) is 11.0 Å². The molecule has 68 heavy (non-hydrogen) atoms. The molecule has 2 heterocycles. The van der Waals surface area contributed by atoms with Crippen LogP contribution in [-0.4, -0.2) is 99.4 Å². The molecule has 17 nitrogen and oxygen atoms in total. The van der Waals surface area contributed by atoms with Crippen LogP contribution < -0.4 is 19.4 Å². The standard InChI is InChI=1S/C19H15FN2O4.C15H22ClNO2.C14H13NO7S/c1-2-7-21-15-9-14(13(20)8-16(15)26-10-17(21)23)22-18(24)11-5-3-4-6-12(11)19(22)25;1-5-13-8-6-7-11(2)15(13)17(14(18)9-16)12(3)10-19-4;1-23(21,22)8-5-6-9(10(7-8)15(19)20)14(18)13-11(16)3-2-4-12(13)17/h1,8-9H,3-7,10H2;6-8,12H,5,9-10H2,1-4H3;5-7,13H,2-4H2,1H3. The monoisotopic (exact) mass is 976 g/mol. The highest BCUT2D eigenvalue weighted by molar-refractivity contribution is 7.90. The molecule has 4 amide bonds. The third-order valence-electron chi connectivity index (χ3n) is 11.6. The number of aryl methyl sites for hydroxylation is 2. The van der Waals surface area contributed by atoms with E-state index in [4.69, 9.17) is 27.5 Å². The number of fused-ring (bicyclic) bond motifs is 1. The predicted molar refractivity (Wildman–Crippen MR) is 249 cm³/mol. The summed E-state index contributed by atoms with van der Waals surface area (Å²) in [6, 6.07) is 11.2. The summed E-state index contributed by atoms with van der Waals surface area (Å²) in [7, 11) is -2.06. The first-order valence-electron chi connectivity index (χ1n) is 21.6. The summed E-state index contributed by atoms with van der Waals surface area (Å²) in [6.07, 6.45) is 10.3. The van der Waals surface area contributed by atoms with Gasteiger partial charge in [-0.05, 0) is 81.7 Å². The number of carbonyl (C=O) groups excluding carboxylic acids is 7. The van der Waals surface area contributed by atoms with Crippen molar-refractivity contribution in [1.29, 1.82) is 0 Å². The Bertz CT molecular complexity index is 2720. The second kappa shape index (κ2) is 22.5. The Morgan fingerprint density at radius 1 is 1.00 bits per heavy atom. The normalized spacial score (nSPS) is 16.4. The minimum atomic E-state index is -3.70. The number of sulfone groups is 1. The molecule has 0 radical (unpaired) electrons. The first kappa shape index (κ1) is 52.4. The fourth-order valence-electron chi connectivity index (χ4n) is 8.38. The Morgan fingerprint density at radius 3 is 2.18 bits per heavy atom. The van der Waals surface area contributed by atoms with Crippen LogP contribution >= 0.6 is 11.6 Å². The van der Waals surface area contributed by atoms with Gasteiger partial charge in [0.15, 0.2) is 39.6 Å². The number of ether oxygens (including phenoxy) is 2. The number of ketones is 3. The van der Waals surface area contributed by atoms with Crippen molar-refractivity contribution in [2.45, 2.75) is 83.1 Å². The van der Waals surface area contributed by atoms with E-state index in [0.717, 1.165) is 71.5 Å². The molecule has 20 heteroatoms. The van der Waals surface area contributed by atoms with Gasteiger partial charge in [-0.25, -0.2) is 17.7 Å². The molecule has 2 aliphatic carbocycles. The van der Waals surface area contributed by atoms with Crippen molar-refractivity contribution in [3.8, 4) is 18.1 Å². The molecule has 7 rings (SSSR count). The quantitative estimate of drug-likeness (QED) is 0.0375. The molecule has 1 atom stereocenters. The predicted octanol–water partition coefficient (Wildman–Crippen LogP) is 6.21. The van der Waals surface area contributed by atoms with Crippen LogP contribution in [0.4, 0.5) is 27.1 Å². The highest BCUT2D eigenvalue weighted by atomic mass is 35.5. The van der Waals surface area contributed by atoms with Crippen LogP contribution in [0.3, 0.4) is 0 Å². The van der Waals surface area contributed by atoms with E-state index in [1.54, 1.807) is 12.0 Å². The molecule has 0 aromatic heterocycles. The number of imide groups is 1. The van der Waals surface area contributed by atoms with Gasteiger partial charge in [-0.15, -0.1) is 18.0 Å². The van der Waals surface area contributed by atoms with E-state index in [2.05, 4.69) is 18.9 Å². The third-order valence-corrected chi connectivity index (χ3v) is 13.0. The molecule has 1 saturated carbocycles. The summed E-state index contributed by atoms with van der Waals surface area (Å²) >= 11 is 5.76. The summed E-state index contributed by atoms with van der Waals surface area (Å²) in [5, 5.41) is 11.1. The SMILES string of the molecule is C#CCN1C(=O)COc2cc(F)c(N3C(=O)C4=C(CCCC4)C3=O)cc21.CCc1cccc(C)c1N(C(=O)CCl)C(C)COC.CS(=O)(=O)c1ccc(C(=O)C2C(=O)CCCC2=O)c([N+](=O)[O-])c1. The average Bonchev–Trinajstić information content (AvgIpc) is 3.55. The van der Waals surface area contributed by atoms with E-state index in [0.29, 0.717) is 37.0 Å². The molecule has 360 valence electrons. The number of terminal acetylenes is 1. The van der Waals surface area contributed by atoms with Crippen LogP contribution in [0.25, 0.3) is 0 Å².